The van der Waals surface area contributed by atoms with Crippen LogP contribution in [0.4, 0.5) is 0 Å². The molecule has 0 saturated carbocycles. The third kappa shape index (κ3) is 4.58. The molecule has 2 aliphatic carbocycles. The molecule has 0 bridgehead atoms. The third-order valence-corrected chi connectivity index (χ3v) is 12.9. The Hall–Kier alpha value is -5.51. The van der Waals surface area contributed by atoms with E-state index >= 15 is 0 Å². The molecule has 6 aromatic carbocycles. The number of allylic oxidation sites excluding steroid dienone is 5. The van der Waals surface area contributed by atoms with E-state index < -0.39 is 0 Å². The quantitative estimate of drug-likeness (QED) is 0.181. The van der Waals surface area contributed by atoms with Crippen LogP contribution in [0, 0.1) is 0 Å². The Morgan fingerprint density at radius 2 is 1.27 bits per heavy atom. The van der Waals surface area contributed by atoms with E-state index in [-0.39, 0.29) is 0 Å². The highest BCUT2D eigenvalue weighted by Gasteiger charge is 2.32. The molecule has 0 amide bonds. The lowest BCUT2D eigenvalue weighted by Crippen LogP contribution is -2.12. The van der Waals surface area contributed by atoms with Gasteiger partial charge in [0.2, 0.25) is 0 Å². The molecular formula is C48H36N2S. The van der Waals surface area contributed by atoms with Gasteiger partial charge in [0.1, 0.15) is 0 Å². The van der Waals surface area contributed by atoms with Crippen molar-refractivity contribution in [2.45, 2.75) is 41.4 Å². The van der Waals surface area contributed by atoms with Gasteiger partial charge >= 0.3 is 0 Å². The Balaban J connectivity index is 1.02. The lowest BCUT2D eigenvalue weighted by molar-refractivity contribution is 0.491. The van der Waals surface area contributed by atoms with Crippen molar-refractivity contribution in [3.63, 3.8) is 0 Å². The van der Waals surface area contributed by atoms with E-state index in [1.54, 1.807) is 0 Å². The number of fused-ring (bicyclic) bond motifs is 9. The normalized spacial score (nSPS) is 19.8. The van der Waals surface area contributed by atoms with E-state index in [1.165, 1.54) is 82.0 Å². The van der Waals surface area contributed by atoms with Crippen LogP contribution in [0.1, 0.15) is 42.3 Å². The van der Waals surface area contributed by atoms with E-state index in [0.29, 0.717) is 17.2 Å². The number of nitrogens with zero attached hydrogens (tertiary/aromatic N) is 2. The molecule has 3 unspecified atom stereocenters. The number of para-hydroxylation sites is 2. The van der Waals surface area contributed by atoms with Crippen LogP contribution in [0.5, 0.6) is 0 Å². The molecule has 0 radical (unpaired) electrons. The molecule has 3 heteroatoms. The summed E-state index contributed by atoms with van der Waals surface area (Å²) < 4.78 is 5.12. The monoisotopic (exact) mass is 672 g/mol. The fourth-order valence-electron chi connectivity index (χ4n) is 9.16. The zero-order valence-electron chi connectivity index (χ0n) is 28.2. The molecule has 2 nitrogen and oxygen atoms in total. The Bertz CT molecular complexity index is 2770. The second-order valence-electron chi connectivity index (χ2n) is 14.3. The van der Waals surface area contributed by atoms with Crippen molar-refractivity contribution in [2.24, 2.45) is 0 Å². The van der Waals surface area contributed by atoms with Crippen molar-refractivity contribution < 1.29 is 0 Å². The molecule has 8 aromatic rings. The summed E-state index contributed by atoms with van der Waals surface area (Å²) in [6.07, 6.45) is 13.0. The summed E-state index contributed by atoms with van der Waals surface area (Å²) in [5.74, 6) is 0.393. The summed E-state index contributed by atoms with van der Waals surface area (Å²) in [4.78, 5) is 1.41. The standard InChI is InChI=1S/C48H36N2S/c1-2-10-31(11-3-1)32-18-22-35(23-19-32)49-43-15-7-4-12-37(43)39-25-20-34(29-46(39)49)33-21-26-45-41(28-33)38-13-5-8-16-44(38)50(45)36-24-27-48-42(30-36)40-14-6-9-17-47(40)51-48/h1-18,20-21,24-30,35,42,48H,19,22-23H2. The van der Waals surface area contributed by atoms with Gasteiger partial charge in [0.15, 0.2) is 0 Å². The van der Waals surface area contributed by atoms with E-state index in [1.807, 2.05) is 11.8 Å². The smallest absolute Gasteiger partial charge is 0.0541 e. The maximum atomic E-state index is 2.64. The zero-order chi connectivity index (χ0) is 33.5. The minimum absolute atomic E-state index is 0.393. The third-order valence-electron chi connectivity index (χ3n) is 11.6. The number of rotatable bonds is 4. The van der Waals surface area contributed by atoms with Crippen LogP contribution in [-0.4, -0.2) is 14.4 Å². The lowest BCUT2D eigenvalue weighted by atomic mass is 9.90. The second kappa shape index (κ2) is 11.5. The fourth-order valence-corrected chi connectivity index (χ4v) is 10.5. The summed E-state index contributed by atoms with van der Waals surface area (Å²) in [6.45, 7) is 0. The first-order chi connectivity index (χ1) is 25.3. The Kier molecular flexibility index (Phi) is 6.60. The largest absolute Gasteiger partial charge is 0.337 e. The van der Waals surface area contributed by atoms with Crippen molar-refractivity contribution in [1.82, 2.24) is 9.13 Å². The molecule has 244 valence electrons. The Labute approximate surface area is 302 Å². The highest BCUT2D eigenvalue weighted by molar-refractivity contribution is 8.00. The van der Waals surface area contributed by atoms with Crippen molar-refractivity contribution in [3.8, 4) is 11.1 Å². The van der Waals surface area contributed by atoms with Gasteiger partial charge in [0.25, 0.3) is 0 Å². The van der Waals surface area contributed by atoms with E-state index in [4.69, 9.17) is 0 Å². The molecule has 3 atom stereocenters. The topological polar surface area (TPSA) is 9.86 Å². The van der Waals surface area contributed by atoms with E-state index in [0.717, 1.165) is 19.3 Å². The van der Waals surface area contributed by atoms with Crippen LogP contribution in [0.25, 0.3) is 66.0 Å². The number of thioether (sulfide) groups is 1. The predicted molar refractivity (Wildman–Crippen MR) is 217 cm³/mol. The fraction of sp³-hybridized carbons (Fsp3) is 0.125. The lowest BCUT2D eigenvalue weighted by Gasteiger charge is -2.25. The Morgan fingerprint density at radius 1 is 0.569 bits per heavy atom. The van der Waals surface area contributed by atoms with Gasteiger partial charge in [-0.15, -0.1) is 11.8 Å². The average Bonchev–Trinajstić information content (AvgIpc) is 3.85. The molecule has 11 rings (SSSR count). The van der Waals surface area contributed by atoms with Crippen molar-refractivity contribution in [1.29, 1.82) is 0 Å². The van der Waals surface area contributed by atoms with Gasteiger partial charge < -0.3 is 9.13 Å². The molecule has 2 aromatic heterocycles. The molecule has 1 aliphatic heterocycles. The highest BCUT2D eigenvalue weighted by atomic mass is 32.2. The molecule has 0 N–H and O–H groups in total. The van der Waals surface area contributed by atoms with Crippen LogP contribution < -0.4 is 0 Å². The van der Waals surface area contributed by atoms with Gasteiger partial charge in [-0.1, -0.05) is 121 Å². The van der Waals surface area contributed by atoms with Gasteiger partial charge in [-0.2, -0.15) is 0 Å². The van der Waals surface area contributed by atoms with Crippen molar-refractivity contribution in [2.75, 3.05) is 0 Å². The van der Waals surface area contributed by atoms with Gasteiger partial charge in [0.05, 0.1) is 11.0 Å². The first-order valence-electron chi connectivity index (χ1n) is 18.3. The van der Waals surface area contributed by atoms with Crippen LogP contribution in [0.15, 0.2) is 169 Å². The second-order valence-corrected chi connectivity index (χ2v) is 15.5. The van der Waals surface area contributed by atoms with Gasteiger partial charge in [-0.25, -0.2) is 0 Å². The summed E-state index contributed by atoms with van der Waals surface area (Å²) in [7, 11) is 0. The minimum atomic E-state index is 0.393. The number of benzene rings is 6. The predicted octanol–water partition coefficient (Wildman–Crippen LogP) is 13.0. The van der Waals surface area contributed by atoms with Gasteiger partial charge in [-0.05, 0) is 89.6 Å². The average molecular weight is 673 g/mol. The number of hydrogen-bond acceptors (Lipinski definition) is 1. The summed E-state index contributed by atoms with van der Waals surface area (Å²) >= 11 is 1.99. The molecule has 51 heavy (non-hydrogen) atoms. The summed E-state index contributed by atoms with van der Waals surface area (Å²) in [6, 6.07) is 52.4. The van der Waals surface area contributed by atoms with E-state index in [2.05, 4.69) is 173 Å². The first-order valence-corrected chi connectivity index (χ1v) is 19.1. The van der Waals surface area contributed by atoms with Crippen LogP contribution in [0.2, 0.25) is 0 Å². The van der Waals surface area contributed by atoms with Crippen molar-refractivity contribution in [3.05, 3.63) is 175 Å². The molecule has 0 spiro atoms. The molecular weight excluding hydrogens is 637 g/mol. The molecule has 0 saturated heterocycles. The first kappa shape index (κ1) is 29.2. The molecule has 3 aliphatic rings. The van der Waals surface area contributed by atoms with Gasteiger partial charge in [-0.3, -0.25) is 0 Å². The summed E-state index contributed by atoms with van der Waals surface area (Å²) in [5, 5.41) is 5.74. The minimum Gasteiger partial charge on any atom is -0.337 e. The molecule has 0 fully saturated rings. The van der Waals surface area contributed by atoms with Gasteiger partial charge in [0, 0.05) is 60.4 Å². The van der Waals surface area contributed by atoms with E-state index in [9.17, 15) is 0 Å². The van der Waals surface area contributed by atoms with Crippen LogP contribution >= 0.6 is 11.8 Å². The zero-order valence-corrected chi connectivity index (χ0v) is 29.1. The van der Waals surface area contributed by atoms with Crippen LogP contribution in [-0.2, 0) is 0 Å². The SMILES string of the molecule is C1=CC2Sc3ccccc3C2C=C1n1c2ccccc2c2cc(-c3ccc4c5ccccc5n(C5CC=C(c6ccccc6)CC5)c4c3)ccc21. The van der Waals surface area contributed by atoms with Crippen molar-refractivity contribution >= 4 is 66.6 Å². The number of hydrogen-bond donors (Lipinski definition) is 0. The highest BCUT2D eigenvalue weighted by Crippen LogP contribution is 2.50. The maximum absolute atomic E-state index is 2.64. The summed E-state index contributed by atoms with van der Waals surface area (Å²) in [5.41, 5.74) is 13.3. The number of aromatic nitrogens is 2. The van der Waals surface area contributed by atoms with Crippen LogP contribution in [0.3, 0.4) is 0 Å². The molecule has 3 heterocycles. The maximum Gasteiger partial charge on any atom is 0.0541 e. The Morgan fingerprint density at radius 3 is 2.14 bits per heavy atom.